The van der Waals surface area contributed by atoms with Crippen molar-refractivity contribution in [1.29, 1.82) is 5.26 Å². The van der Waals surface area contributed by atoms with E-state index in [1.165, 1.54) is 6.07 Å². The van der Waals surface area contributed by atoms with Gasteiger partial charge in [-0.25, -0.2) is 4.98 Å². The summed E-state index contributed by atoms with van der Waals surface area (Å²) in [7, 11) is 1.87. The normalized spacial score (nSPS) is 11.7. The predicted molar refractivity (Wildman–Crippen MR) is 137 cm³/mol. The number of ether oxygens (including phenoxy) is 1. The van der Waals surface area contributed by atoms with Crippen LogP contribution in [0.25, 0.3) is 11.3 Å². The number of ketones is 1. The van der Waals surface area contributed by atoms with E-state index in [2.05, 4.69) is 16.4 Å². The molecule has 0 aliphatic carbocycles. The molecule has 0 fully saturated rings. The van der Waals surface area contributed by atoms with Crippen LogP contribution in [0, 0.1) is 11.3 Å². The number of nitrogens with zero attached hydrogens (tertiary/aromatic N) is 3. The van der Waals surface area contributed by atoms with Crippen LogP contribution in [-0.2, 0) is 24.7 Å². The van der Waals surface area contributed by atoms with E-state index in [0.29, 0.717) is 36.1 Å². The zero-order valence-corrected chi connectivity index (χ0v) is 21.1. The van der Waals surface area contributed by atoms with E-state index in [0.717, 1.165) is 22.6 Å². The summed E-state index contributed by atoms with van der Waals surface area (Å²) in [6, 6.07) is 14.4. The minimum absolute atomic E-state index is 0.0613. The van der Waals surface area contributed by atoms with E-state index in [9.17, 15) is 20.0 Å². The number of aryl methyl sites for hydroxylation is 1. The minimum Gasteiger partial charge on any atom is -0.490 e. The SMILES string of the molecule is CC(=O)Cc1nc(-c2ccc(CC(CCO)NC(=O)c3ccc(OC(C)C)c(C#N)c3)cc2)cn1C. The van der Waals surface area contributed by atoms with Crippen molar-refractivity contribution >= 4 is 11.7 Å². The van der Waals surface area contributed by atoms with E-state index in [-0.39, 0.29) is 30.4 Å². The Hall–Kier alpha value is -3.96. The summed E-state index contributed by atoms with van der Waals surface area (Å²) in [5.74, 6) is 0.906. The van der Waals surface area contributed by atoms with E-state index in [4.69, 9.17) is 4.74 Å². The van der Waals surface area contributed by atoms with Crippen molar-refractivity contribution in [2.24, 2.45) is 7.05 Å². The molecule has 2 aromatic carbocycles. The molecule has 1 heterocycles. The van der Waals surface area contributed by atoms with Crippen molar-refractivity contribution < 1.29 is 19.4 Å². The number of hydrogen-bond acceptors (Lipinski definition) is 6. The first-order valence-corrected chi connectivity index (χ1v) is 11.9. The number of carbonyl (C=O) groups excluding carboxylic acids is 2. The highest BCUT2D eigenvalue weighted by Gasteiger charge is 2.17. The molecule has 3 rings (SSSR count). The second-order valence-electron chi connectivity index (χ2n) is 9.11. The molecule has 8 heteroatoms. The number of nitrogens with one attached hydrogen (secondary N) is 1. The van der Waals surface area contributed by atoms with Crippen LogP contribution in [-0.4, -0.2) is 45.1 Å². The van der Waals surface area contributed by atoms with Gasteiger partial charge >= 0.3 is 0 Å². The second kappa shape index (κ2) is 12.1. The summed E-state index contributed by atoms with van der Waals surface area (Å²) in [6.45, 7) is 5.22. The van der Waals surface area contributed by atoms with Crippen molar-refractivity contribution in [1.82, 2.24) is 14.9 Å². The van der Waals surface area contributed by atoms with Crippen LogP contribution in [0.4, 0.5) is 0 Å². The van der Waals surface area contributed by atoms with Gasteiger partial charge in [-0.2, -0.15) is 5.26 Å². The molecule has 1 aromatic heterocycles. The summed E-state index contributed by atoms with van der Waals surface area (Å²) in [6.07, 6.45) is 3.03. The van der Waals surface area contributed by atoms with E-state index >= 15 is 0 Å². The minimum atomic E-state index is -0.316. The largest absolute Gasteiger partial charge is 0.490 e. The van der Waals surface area contributed by atoms with Crippen molar-refractivity contribution in [3.8, 4) is 23.1 Å². The van der Waals surface area contributed by atoms with Crippen LogP contribution in [0.1, 0.15) is 54.5 Å². The van der Waals surface area contributed by atoms with E-state index < -0.39 is 0 Å². The van der Waals surface area contributed by atoms with Gasteiger partial charge in [0.05, 0.1) is 23.8 Å². The number of amides is 1. The number of imidazole rings is 1. The van der Waals surface area contributed by atoms with Gasteiger partial charge in [0.2, 0.25) is 0 Å². The first-order valence-electron chi connectivity index (χ1n) is 11.9. The van der Waals surface area contributed by atoms with Gasteiger partial charge < -0.3 is 19.7 Å². The lowest BCUT2D eigenvalue weighted by Gasteiger charge is -2.19. The number of nitriles is 1. The Labute approximate surface area is 211 Å². The van der Waals surface area contributed by atoms with Crippen molar-refractivity contribution in [2.45, 2.75) is 52.2 Å². The van der Waals surface area contributed by atoms with Gasteiger partial charge in [-0.15, -0.1) is 0 Å². The van der Waals surface area contributed by atoms with Gasteiger partial charge in [-0.3, -0.25) is 9.59 Å². The summed E-state index contributed by atoms with van der Waals surface area (Å²) in [5, 5.41) is 22.0. The standard InChI is InChI=1S/C28H32N4O4/c1-18(2)36-26-10-9-22(15-23(26)16-29)28(35)30-24(11-12-33)14-20-5-7-21(8-6-20)25-17-32(4)27(31-25)13-19(3)34/h5-10,15,17-18,24,33H,11-14H2,1-4H3,(H,30,35). The molecule has 0 saturated heterocycles. The molecule has 1 atom stereocenters. The molecule has 188 valence electrons. The first-order chi connectivity index (χ1) is 17.2. The molecule has 0 aliphatic heterocycles. The number of aliphatic hydroxyl groups excluding tert-OH is 1. The lowest BCUT2D eigenvalue weighted by Crippen LogP contribution is -2.37. The number of aromatic nitrogens is 2. The molecular formula is C28H32N4O4. The van der Waals surface area contributed by atoms with Crippen LogP contribution in [0.2, 0.25) is 0 Å². The third-order valence-corrected chi connectivity index (χ3v) is 5.65. The maximum absolute atomic E-state index is 12.9. The number of carbonyl (C=O) groups is 2. The number of rotatable bonds is 11. The number of aliphatic hydroxyl groups is 1. The van der Waals surface area contributed by atoms with Crippen LogP contribution in [0.5, 0.6) is 5.75 Å². The van der Waals surface area contributed by atoms with E-state index in [1.54, 1.807) is 19.1 Å². The number of hydrogen-bond donors (Lipinski definition) is 2. The monoisotopic (exact) mass is 488 g/mol. The first kappa shape index (κ1) is 26.6. The number of Topliss-reactive ketones (excluding diaryl/α,β-unsaturated/α-hetero) is 1. The number of benzene rings is 2. The molecule has 0 spiro atoms. The van der Waals surface area contributed by atoms with Gasteiger partial charge in [0.15, 0.2) is 0 Å². The fourth-order valence-electron chi connectivity index (χ4n) is 3.89. The Bertz CT molecular complexity index is 1260. The quantitative estimate of drug-likeness (QED) is 0.426. The molecule has 1 unspecified atom stereocenters. The third-order valence-electron chi connectivity index (χ3n) is 5.65. The smallest absolute Gasteiger partial charge is 0.251 e. The second-order valence-corrected chi connectivity index (χ2v) is 9.11. The lowest BCUT2D eigenvalue weighted by molar-refractivity contribution is -0.116. The third kappa shape index (κ3) is 7.03. The molecular weight excluding hydrogens is 456 g/mol. The van der Waals surface area contributed by atoms with Gasteiger partial charge in [0.25, 0.3) is 5.91 Å². The maximum atomic E-state index is 12.9. The highest BCUT2D eigenvalue weighted by atomic mass is 16.5. The maximum Gasteiger partial charge on any atom is 0.251 e. The zero-order valence-electron chi connectivity index (χ0n) is 21.1. The lowest BCUT2D eigenvalue weighted by atomic mass is 10.0. The summed E-state index contributed by atoms with van der Waals surface area (Å²) in [4.78, 5) is 28.9. The Kier molecular flexibility index (Phi) is 8.98. The fraction of sp³-hybridized carbons (Fsp3) is 0.357. The molecule has 8 nitrogen and oxygen atoms in total. The summed E-state index contributed by atoms with van der Waals surface area (Å²) in [5.41, 5.74) is 3.37. The van der Waals surface area contributed by atoms with Crippen molar-refractivity contribution in [2.75, 3.05) is 6.61 Å². The van der Waals surface area contributed by atoms with Gasteiger partial charge in [0.1, 0.15) is 23.4 Å². The fourth-order valence-corrected chi connectivity index (χ4v) is 3.89. The highest BCUT2D eigenvalue weighted by Crippen LogP contribution is 2.22. The Morgan fingerprint density at radius 3 is 2.53 bits per heavy atom. The van der Waals surface area contributed by atoms with Gasteiger partial charge in [-0.05, 0) is 57.4 Å². The molecule has 0 saturated carbocycles. The summed E-state index contributed by atoms with van der Waals surface area (Å²) >= 11 is 0. The summed E-state index contributed by atoms with van der Waals surface area (Å²) < 4.78 is 7.49. The molecule has 0 bridgehead atoms. The molecule has 3 aromatic rings. The molecule has 0 aliphatic rings. The van der Waals surface area contributed by atoms with E-state index in [1.807, 2.05) is 55.9 Å². The average Bonchev–Trinajstić information content (AvgIpc) is 3.18. The van der Waals surface area contributed by atoms with Crippen molar-refractivity contribution in [3.63, 3.8) is 0 Å². The van der Waals surface area contributed by atoms with Crippen LogP contribution < -0.4 is 10.1 Å². The Morgan fingerprint density at radius 1 is 1.19 bits per heavy atom. The van der Waals surface area contributed by atoms with Gasteiger partial charge in [0, 0.05) is 37.0 Å². The molecule has 0 radical (unpaired) electrons. The highest BCUT2D eigenvalue weighted by molar-refractivity contribution is 5.95. The average molecular weight is 489 g/mol. The molecule has 2 N–H and O–H groups in total. The Morgan fingerprint density at radius 2 is 1.92 bits per heavy atom. The van der Waals surface area contributed by atoms with Crippen molar-refractivity contribution in [3.05, 3.63) is 71.2 Å². The van der Waals surface area contributed by atoms with Crippen LogP contribution >= 0.6 is 0 Å². The zero-order chi connectivity index (χ0) is 26.2. The predicted octanol–water partition coefficient (Wildman–Crippen LogP) is 3.60. The molecule has 1 amide bonds. The van der Waals surface area contributed by atoms with Gasteiger partial charge in [-0.1, -0.05) is 24.3 Å². The van der Waals surface area contributed by atoms with Crippen LogP contribution in [0.3, 0.4) is 0 Å². The topological polar surface area (TPSA) is 117 Å². The Balaban J connectivity index is 1.70. The van der Waals surface area contributed by atoms with Crippen LogP contribution in [0.15, 0.2) is 48.7 Å². The molecule has 36 heavy (non-hydrogen) atoms.